The number of nitrogens with zero attached hydrogens (tertiary/aromatic N) is 1. The molecule has 5 nitrogen and oxygen atoms in total. The van der Waals surface area contributed by atoms with Crippen molar-refractivity contribution in [2.45, 2.75) is 12.5 Å². The molecule has 92 valence electrons. The summed E-state index contributed by atoms with van der Waals surface area (Å²) in [5, 5.41) is 17.7. The quantitative estimate of drug-likeness (QED) is 0.867. The first-order valence-corrected chi connectivity index (χ1v) is 5.64. The Morgan fingerprint density at radius 3 is 2.41 bits per heavy atom. The van der Waals surface area contributed by atoms with E-state index >= 15 is 0 Å². The lowest BCUT2D eigenvalue weighted by Crippen LogP contribution is -2.40. The lowest BCUT2D eigenvalue weighted by atomic mass is 10.1. The summed E-state index contributed by atoms with van der Waals surface area (Å²) in [4.78, 5) is 23.1. The molecule has 0 saturated heterocycles. The highest BCUT2D eigenvalue weighted by molar-refractivity contribution is 9.10. The van der Waals surface area contributed by atoms with E-state index in [0.29, 0.717) is 5.69 Å². The molecule has 1 aromatic carbocycles. The summed E-state index contributed by atoms with van der Waals surface area (Å²) in [6.07, 6.45) is -0.451. The van der Waals surface area contributed by atoms with Crippen LogP contribution in [0.2, 0.25) is 0 Å². The molecule has 2 N–H and O–H groups in total. The van der Waals surface area contributed by atoms with Gasteiger partial charge in [0.25, 0.3) is 0 Å². The Morgan fingerprint density at radius 1 is 1.35 bits per heavy atom. The molecule has 0 aliphatic rings. The van der Waals surface area contributed by atoms with Gasteiger partial charge in [-0.1, -0.05) is 12.1 Å². The highest BCUT2D eigenvalue weighted by atomic mass is 79.9. The van der Waals surface area contributed by atoms with Crippen molar-refractivity contribution < 1.29 is 19.8 Å². The number of likely N-dealkylation sites (N-methyl/N-ethyl adjacent to an activating group) is 1. The molecular weight excluding hydrogens is 290 g/mol. The molecule has 6 heteroatoms. The van der Waals surface area contributed by atoms with Crippen molar-refractivity contribution in [3.63, 3.8) is 0 Å². The fourth-order valence-electron chi connectivity index (χ4n) is 1.46. The first kappa shape index (κ1) is 13.5. The third-order valence-electron chi connectivity index (χ3n) is 2.35. The van der Waals surface area contributed by atoms with Crippen LogP contribution in [0.15, 0.2) is 28.7 Å². The van der Waals surface area contributed by atoms with Crippen molar-refractivity contribution >= 4 is 33.6 Å². The van der Waals surface area contributed by atoms with Gasteiger partial charge in [-0.15, -0.1) is 0 Å². The number of benzene rings is 1. The molecule has 0 fully saturated rings. The molecule has 0 aromatic heterocycles. The lowest BCUT2D eigenvalue weighted by Gasteiger charge is -2.26. The maximum atomic E-state index is 11.0. The topological polar surface area (TPSA) is 77.8 Å². The van der Waals surface area contributed by atoms with Crippen molar-refractivity contribution in [2.24, 2.45) is 0 Å². The maximum absolute atomic E-state index is 11.0. The standard InChI is InChI=1S/C11H12BrNO4/c1-13(8-5-3-2-4-7(8)12)9(11(16)17)6-10(14)15/h2-5,9H,6H2,1H3,(H,14,15)(H,16,17). The smallest absolute Gasteiger partial charge is 0.326 e. The molecule has 0 amide bonds. The number of aliphatic carboxylic acids is 2. The molecule has 0 radical (unpaired) electrons. The van der Waals surface area contributed by atoms with Gasteiger partial charge in [0.1, 0.15) is 6.04 Å². The van der Waals surface area contributed by atoms with Gasteiger partial charge in [0.15, 0.2) is 0 Å². The van der Waals surface area contributed by atoms with Crippen LogP contribution in [0, 0.1) is 0 Å². The van der Waals surface area contributed by atoms with Gasteiger partial charge < -0.3 is 15.1 Å². The Labute approximate surface area is 107 Å². The van der Waals surface area contributed by atoms with Crippen LogP contribution in [-0.4, -0.2) is 35.2 Å². The van der Waals surface area contributed by atoms with Crippen LogP contribution >= 0.6 is 15.9 Å². The molecule has 0 aliphatic carbocycles. The Balaban J connectivity index is 3.00. The Kier molecular flexibility index (Phi) is 4.51. The van der Waals surface area contributed by atoms with Crippen molar-refractivity contribution in [3.05, 3.63) is 28.7 Å². The number of carboxylic acids is 2. The molecular formula is C11H12BrNO4. The second kappa shape index (κ2) is 5.67. The fourth-order valence-corrected chi connectivity index (χ4v) is 2.03. The highest BCUT2D eigenvalue weighted by Gasteiger charge is 2.26. The highest BCUT2D eigenvalue weighted by Crippen LogP contribution is 2.26. The average molecular weight is 302 g/mol. The van der Waals surface area contributed by atoms with Crippen LogP contribution < -0.4 is 4.90 Å². The van der Waals surface area contributed by atoms with E-state index in [1.165, 1.54) is 4.90 Å². The number of rotatable bonds is 5. The van der Waals surface area contributed by atoms with Crippen LogP contribution in [0.1, 0.15) is 6.42 Å². The number of carbonyl (C=O) groups is 2. The monoisotopic (exact) mass is 301 g/mol. The predicted molar refractivity (Wildman–Crippen MR) is 66.2 cm³/mol. The number of halogens is 1. The lowest BCUT2D eigenvalue weighted by molar-refractivity contribution is -0.145. The van der Waals surface area contributed by atoms with Gasteiger partial charge in [-0.25, -0.2) is 4.79 Å². The second-order valence-corrected chi connectivity index (χ2v) is 4.37. The molecule has 17 heavy (non-hydrogen) atoms. The van der Waals surface area contributed by atoms with E-state index < -0.39 is 24.4 Å². The summed E-state index contributed by atoms with van der Waals surface area (Å²) in [5.41, 5.74) is 0.640. The van der Waals surface area contributed by atoms with E-state index in [0.717, 1.165) is 4.47 Å². The molecule has 0 aliphatic heterocycles. The SMILES string of the molecule is CN(c1ccccc1Br)C(CC(=O)O)C(=O)O. The number of hydrogen-bond donors (Lipinski definition) is 2. The molecule has 1 rings (SSSR count). The van der Waals surface area contributed by atoms with Crippen LogP contribution in [0.5, 0.6) is 0 Å². The second-order valence-electron chi connectivity index (χ2n) is 3.51. The number of para-hydroxylation sites is 1. The molecule has 0 spiro atoms. The van der Waals surface area contributed by atoms with Crippen molar-refractivity contribution in [1.29, 1.82) is 0 Å². The van der Waals surface area contributed by atoms with Gasteiger partial charge in [0, 0.05) is 11.5 Å². The van der Waals surface area contributed by atoms with Gasteiger partial charge in [-0.2, -0.15) is 0 Å². The Morgan fingerprint density at radius 2 is 1.94 bits per heavy atom. The zero-order valence-electron chi connectivity index (χ0n) is 9.13. The van der Waals surface area contributed by atoms with Crippen molar-refractivity contribution in [2.75, 3.05) is 11.9 Å². The third-order valence-corrected chi connectivity index (χ3v) is 3.02. The van der Waals surface area contributed by atoms with Crippen LogP contribution in [0.25, 0.3) is 0 Å². The number of carboxylic acid groups (broad SMARTS) is 2. The summed E-state index contributed by atoms with van der Waals surface area (Å²) in [6.45, 7) is 0. The van der Waals surface area contributed by atoms with Crippen molar-refractivity contribution in [1.82, 2.24) is 0 Å². The normalized spacial score (nSPS) is 11.9. The average Bonchev–Trinajstić information content (AvgIpc) is 2.25. The van der Waals surface area contributed by atoms with E-state index in [1.54, 1.807) is 31.3 Å². The molecule has 1 aromatic rings. The molecule has 1 unspecified atom stereocenters. The summed E-state index contributed by atoms with van der Waals surface area (Å²) < 4.78 is 0.721. The first-order valence-electron chi connectivity index (χ1n) is 4.85. The van der Waals surface area contributed by atoms with Gasteiger partial charge in [0.05, 0.1) is 12.1 Å². The van der Waals surface area contributed by atoms with E-state index in [2.05, 4.69) is 15.9 Å². The predicted octanol–water partition coefficient (Wildman–Crippen LogP) is 1.81. The maximum Gasteiger partial charge on any atom is 0.326 e. The van der Waals surface area contributed by atoms with Crippen LogP contribution in [0.3, 0.4) is 0 Å². The summed E-state index contributed by atoms with van der Waals surface area (Å²) >= 11 is 3.30. The first-order chi connectivity index (χ1) is 7.93. The van der Waals surface area contributed by atoms with E-state index in [4.69, 9.17) is 10.2 Å². The van der Waals surface area contributed by atoms with Crippen LogP contribution in [0.4, 0.5) is 5.69 Å². The van der Waals surface area contributed by atoms with Gasteiger partial charge in [0.2, 0.25) is 0 Å². The zero-order chi connectivity index (χ0) is 13.0. The van der Waals surface area contributed by atoms with E-state index in [1.807, 2.05) is 0 Å². The summed E-state index contributed by atoms with van der Waals surface area (Å²) in [6, 6.07) is 5.96. The van der Waals surface area contributed by atoms with Crippen LogP contribution in [-0.2, 0) is 9.59 Å². The minimum atomic E-state index is -1.16. The van der Waals surface area contributed by atoms with Gasteiger partial charge in [-0.3, -0.25) is 4.79 Å². The van der Waals surface area contributed by atoms with E-state index in [-0.39, 0.29) is 0 Å². The largest absolute Gasteiger partial charge is 0.481 e. The summed E-state index contributed by atoms with van der Waals surface area (Å²) in [5.74, 6) is -2.30. The van der Waals surface area contributed by atoms with Gasteiger partial charge >= 0.3 is 11.9 Å². The molecule has 1 atom stereocenters. The van der Waals surface area contributed by atoms with E-state index in [9.17, 15) is 9.59 Å². The minimum absolute atomic E-state index is 0.451. The summed E-state index contributed by atoms with van der Waals surface area (Å²) in [7, 11) is 1.56. The molecule has 0 saturated carbocycles. The molecule has 0 heterocycles. The fraction of sp³-hybridized carbons (Fsp3) is 0.273. The number of anilines is 1. The Hall–Kier alpha value is -1.56. The number of hydrogen-bond acceptors (Lipinski definition) is 3. The third kappa shape index (κ3) is 3.45. The van der Waals surface area contributed by atoms with Gasteiger partial charge in [-0.05, 0) is 28.1 Å². The molecule has 0 bridgehead atoms. The minimum Gasteiger partial charge on any atom is -0.481 e. The zero-order valence-corrected chi connectivity index (χ0v) is 10.7. The van der Waals surface area contributed by atoms with Crippen molar-refractivity contribution in [3.8, 4) is 0 Å². The Bertz CT molecular complexity index is 435.